The average Bonchev–Trinajstić information content (AvgIpc) is 3.44. The highest BCUT2D eigenvalue weighted by Gasteiger charge is 2.54. The standard InChI is InChI=1S/C24H31N3O5/c1-14-12-27(19-18(29)13-32-20(14)19)23(31)21(24(3)10-4-5-11-24)26-22(30)16-6-8-17(9-7-16)25-15(2)28/h6-9,14,19-21H,4-5,10-13H2,1-3H3,(H,25,28)(H,26,30)/t14-,19+,20+,21+/m0/s1. The summed E-state index contributed by atoms with van der Waals surface area (Å²) in [5.74, 6) is -0.725. The summed E-state index contributed by atoms with van der Waals surface area (Å²) in [6.07, 6.45) is 3.43. The van der Waals surface area contributed by atoms with Crippen LogP contribution >= 0.6 is 0 Å². The molecule has 8 heteroatoms. The van der Waals surface area contributed by atoms with Gasteiger partial charge in [-0.25, -0.2) is 0 Å². The normalized spacial score (nSPS) is 27.2. The van der Waals surface area contributed by atoms with E-state index >= 15 is 0 Å². The van der Waals surface area contributed by atoms with Crippen LogP contribution in [0.25, 0.3) is 0 Å². The Morgan fingerprint density at radius 3 is 2.44 bits per heavy atom. The van der Waals surface area contributed by atoms with Crippen molar-refractivity contribution in [3.63, 3.8) is 0 Å². The number of hydrogen-bond acceptors (Lipinski definition) is 5. The summed E-state index contributed by atoms with van der Waals surface area (Å²) in [6, 6.07) is 5.30. The molecule has 1 saturated carbocycles. The summed E-state index contributed by atoms with van der Waals surface area (Å²) in [4.78, 5) is 52.2. The van der Waals surface area contributed by atoms with Gasteiger partial charge in [0.1, 0.15) is 18.7 Å². The van der Waals surface area contributed by atoms with E-state index in [0.717, 1.165) is 25.7 Å². The molecule has 0 spiro atoms. The maximum absolute atomic E-state index is 13.8. The zero-order valence-electron chi connectivity index (χ0n) is 18.8. The number of anilines is 1. The van der Waals surface area contributed by atoms with E-state index in [0.29, 0.717) is 17.8 Å². The molecule has 2 aliphatic heterocycles. The second kappa shape index (κ2) is 8.65. The predicted molar refractivity (Wildman–Crippen MR) is 118 cm³/mol. The molecule has 3 amide bonds. The second-order valence-electron chi connectivity index (χ2n) is 9.68. The van der Waals surface area contributed by atoms with E-state index in [1.54, 1.807) is 29.2 Å². The van der Waals surface area contributed by atoms with Crippen LogP contribution in [0.5, 0.6) is 0 Å². The van der Waals surface area contributed by atoms with Crippen LogP contribution in [0.3, 0.4) is 0 Å². The zero-order chi connectivity index (χ0) is 23.0. The fraction of sp³-hybridized carbons (Fsp3) is 0.583. The minimum Gasteiger partial charge on any atom is -0.367 e. The van der Waals surface area contributed by atoms with Crippen molar-refractivity contribution in [2.24, 2.45) is 11.3 Å². The molecule has 0 radical (unpaired) electrons. The van der Waals surface area contributed by atoms with Gasteiger partial charge in [-0.15, -0.1) is 0 Å². The first-order valence-corrected chi connectivity index (χ1v) is 11.3. The molecular weight excluding hydrogens is 410 g/mol. The Morgan fingerprint density at radius 1 is 1.16 bits per heavy atom. The SMILES string of the molecule is CC(=O)Nc1ccc(C(=O)N[C@H](C(=O)N2C[C@H](C)[C@H]3OCC(=O)[C@H]32)C2(C)CCCC2)cc1. The minimum atomic E-state index is -0.716. The van der Waals surface area contributed by atoms with E-state index in [-0.39, 0.29) is 47.5 Å². The molecule has 4 rings (SSSR count). The number of carbonyl (C=O) groups is 4. The number of benzene rings is 1. The molecule has 2 saturated heterocycles. The van der Waals surface area contributed by atoms with Crippen molar-refractivity contribution in [2.75, 3.05) is 18.5 Å². The number of Topliss-reactive ketones (excluding diaryl/α,β-unsaturated/α-hetero) is 1. The van der Waals surface area contributed by atoms with Gasteiger partial charge in [-0.1, -0.05) is 26.7 Å². The Kier molecular flexibility index (Phi) is 6.07. The molecular formula is C24H31N3O5. The van der Waals surface area contributed by atoms with Crippen molar-refractivity contribution in [1.82, 2.24) is 10.2 Å². The fourth-order valence-electron chi connectivity index (χ4n) is 5.41. The maximum Gasteiger partial charge on any atom is 0.251 e. The van der Waals surface area contributed by atoms with Gasteiger partial charge in [-0.2, -0.15) is 0 Å². The van der Waals surface area contributed by atoms with Crippen molar-refractivity contribution in [2.45, 2.75) is 64.6 Å². The Morgan fingerprint density at radius 2 is 1.81 bits per heavy atom. The molecule has 172 valence electrons. The largest absolute Gasteiger partial charge is 0.367 e. The number of carbonyl (C=O) groups excluding carboxylic acids is 4. The van der Waals surface area contributed by atoms with Gasteiger partial charge in [0.2, 0.25) is 11.8 Å². The highest BCUT2D eigenvalue weighted by Crippen LogP contribution is 2.42. The molecule has 2 heterocycles. The van der Waals surface area contributed by atoms with E-state index < -0.39 is 12.1 Å². The molecule has 1 aromatic carbocycles. The third-order valence-corrected chi connectivity index (χ3v) is 7.16. The van der Waals surface area contributed by atoms with Gasteiger partial charge in [0.25, 0.3) is 5.91 Å². The molecule has 32 heavy (non-hydrogen) atoms. The maximum atomic E-state index is 13.8. The van der Waals surface area contributed by atoms with Crippen LogP contribution in [-0.4, -0.2) is 59.7 Å². The summed E-state index contributed by atoms with van der Waals surface area (Å²) in [6.45, 7) is 5.95. The topological polar surface area (TPSA) is 105 Å². The Balaban J connectivity index is 1.56. The van der Waals surface area contributed by atoms with E-state index in [2.05, 4.69) is 10.6 Å². The van der Waals surface area contributed by atoms with Crippen LogP contribution in [0.1, 0.15) is 56.8 Å². The molecule has 0 bridgehead atoms. The number of nitrogens with zero attached hydrogens (tertiary/aromatic N) is 1. The third kappa shape index (κ3) is 4.16. The number of ketones is 1. The Bertz CT molecular complexity index is 922. The van der Waals surface area contributed by atoms with Gasteiger partial charge in [0.15, 0.2) is 5.78 Å². The number of hydrogen-bond donors (Lipinski definition) is 2. The Labute approximate surface area is 188 Å². The summed E-state index contributed by atoms with van der Waals surface area (Å²) in [7, 11) is 0. The van der Waals surface area contributed by atoms with E-state index in [1.807, 2.05) is 13.8 Å². The van der Waals surface area contributed by atoms with Crippen LogP contribution in [0, 0.1) is 11.3 Å². The minimum absolute atomic E-state index is 0.0401. The third-order valence-electron chi connectivity index (χ3n) is 7.16. The Hall–Kier alpha value is -2.74. The number of likely N-dealkylation sites (tertiary alicyclic amines) is 1. The van der Waals surface area contributed by atoms with Gasteiger partial charge in [0.05, 0.1) is 6.10 Å². The van der Waals surface area contributed by atoms with Crippen LogP contribution in [0.15, 0.2) is 24.3 Å². The van der Waals surface area contributed by atoms with Crippen molar-refractivity contribution < 1.29 is 23.9 Å². The lowest BCUT2D eigenvalue weighted by molar-refractivity contribution is -0.140. The molecule has 1 aliphatic carbocycles. The first kappa shape index (κ1) is 22.5. The first-order valence-electron chi connectivity index (χ1n) is 11.3. The number of fused-ring (bicyclic) bond motifs is 1. The molecule has 0 unspecified atom stereocenters. The lowest BCUT2D eigenvalue weighted by Gasteiger charge is -2.37. The van der Waals surface area contributed by atoms with E-state index in [1.165, 1.54) is 6.92 Å². The van der Waals surface area contributed by atoms with Crippen LogP contribution in [0.4, 0.5) is 5.69 Å². The first-order chi connectivity index (χ1) is 15.2. The van der Waals surface area contributed by atoms with Crippen LogP contribution in [-0.2, 0) is 19.1 Å². The number of nitrogens with one attached hydrogen (secondary N) is 2. The van der Waals surface area contributed by atoms with Crippen LogP contribution < -0.4 is 10.6 Å². The number of amides is 3. The predicted octanol–water partition coefficient (Wildman–Crippen LogP) is 2.14. The molecule has 1 aromatic rings. The number of ether oxygens (including phenoxy) is 1. The van der Waals surface area contributed by atoms with E-state index in [9.17, 15) is 19.2 Å². The van der Waals surface area contributed by atoms with Crippen molar-refractivity contribution in [1.29, 1.82) is 0 Å². The van der Waals surface area contributed by atoms with Crippen molar-refractivity contribution in [3.8, 4) is 0 Å². The lowest BCUT2D eigenvalue weighted by atomic mass is 9.79. The highest BCUT2D eigenvalue weighted by atomic mass is 16.5. The summed E-state index contributed by atoms with van der Waals surface area (Å²) < 4.78 is 5.64. The van der Waals surface area contributed by atoms with Gasteiger partial charge in [-0.3, -0.25) is 19.2 Å². The quantitative estimate of drug-likeness (QED) is 0.728. The zero-order valence-corrected chi connectivity index (χ0v) is 18.8. The molecule has 3 aliphatic rings. The second-order valence-corrected chi connectivity index (χ2v) is 9.68. The molecule has 3 fully saturated rings. The molecule has 8 nitrogen and oxygen atoms in total. The summed E-state index contributed by atoms with van der Waals surface area (Å²) >= 11 is 0. The van der Waals surface area contributed by atoms with Crippen molar-refractivity contribution >= 4 is 29.2 Å². The average molecular weight is 442 g/mol. The monoisotopic (exact) mass is 441 g/mol. The van der Waals surface area contributed by atoms with Gasteiger partial charge < -0.3 is 20.3 Å². The number of rotatable bonds is 5. The molecule has 4 atom stereocenters. The van der Waals surface area contributed by atoms with Crippen LogP contribution in [0.2, 0.25) is 0 Å². The fourth-order valence-corrected chi connectivity index (χ4v) is 5.41. The van der Waals surface area contributed by atoms with E-state index in [4.69, 9.17) is 4.74 Å². The molecule has 0 aromatic heterocycles. The van der Waals surface area contributed by atoms with Crippen molar-refractivity contribution in [3.05, 3.63) is 29.8 Å². The summed E-state index contributed by atoms with van der Waals surface area (Å²) in [5.41, 5.74) is 0.639. The van der Waals surface area contributed by atoms with Gasteiger partial charge in [-0.05, 0) is 42.5 Å². The lowest BCUT2D eigenvalue weighted by Crippen LogP contribution is -2.57. The molecule has 2 N–H and O–H groups in total. The summed E-state index contributed by atoms with van der Waals surface area (Å²) in [5, 5.41) is 5.66. The van der Waals surface area contributed by atoms with Gasteiger partial charge in [0, 0.05) is 30.6 Å². The van der Waals surface area contributed by atoms with Gasteiger partial charge >= 0.3 is 0 Å². The smallest absolute Gasteiger partial charge is 0.251 e. The highest BCUT2D eigenvalue weighted by molar-refractivity contribution is 6.00.